The van der Waals surface area contributed by atoms with Gasteiger partial charge >= 0.3 is 0 Å². The van der Waals surface area contributed by atoms with Crippen LogP contribution in [0, 0.1) is 6.92 Å². The molecule has 0 fully saturated rings. The molecule has 6 heteroatoms. The predicted octanol–water partition coefficient (Wildman–Crippen LogP) is 5.81. The van der Waals surface area contributed by atoms with E-state index >= 15 is 0 Å². The van der Waals surface area contributed by atoms with E-state index in [0.29, 0.717) is 47.8 Å². The quantitative estimate of drug-likeness (QED) is 0.297. The van der Waals surface area contributed by atoms with E-state index in [1.807, 2.05) is 62.4 Å². The fourth-order valence-electron chi connectivity index (χ4n) is 4.65. The Balaban J connectivity index is 1.70. The lowest BCUT2D eigenvalue weighted by molar-refractivity contribution is 0.0714. The van der Waals surface area contributed by atoms with Crippen molar-refractivity contribution in [2.45, 2.75) is 26.4 Å². The molecule has 0 radical (unpaired) electrons. The van der Waals surface area contributed by atoms with E-state index < -0.39 is 6.04 Å². The van der Waals surface area contributed by atoms with Gasteiger partial charge in [-0.25, -0.2) is 0 Å². The molecular formula is C30H27NO5. The fourth-order valence-corrected chi connectivity index (χ4v) is 4.65. The van der Waals surface area contributed by atoms with Crippen LogP contribution in [0.25, 0.3) is 11.0 Å². The Hall–Kier alpha value is -4.32. The maximum atomic E-state index is 13.8. The van der Waals surface area contributed by atoms with Crippen molar-refractivity contribution >= 4 is 16.9 Å². The summed E-state index contributed by atoms with van der Waals surface area (Å²) in [6.45, 7) is 8.61. The van der Waals surface area contributed by atoms with Crippen molar-refractivity contribution in [1.82, 2.24) is 4.90 Å². The van der Waals surface area contributed by atoms with Gasteiger partial charge in [0.05, 0.1) is 23.6 Å². The van der Waals surface area contributed by atoms with Gasteiger partial charge in [-0.1, -0.05) is 60.7 Å². The van der Waals surface area contributed by atoms with Gasteiger partial charge in [0.15, 0.2) is 16.9 Å². The molecule has 6 nitrogen and oxygen atoms in total. The molecule has 1 aliphatic rings. The number of carbonyl (C=O) groups is 1. The first-order valence-electron chi connectivity index (χ1n) is 11.9. The lowest BCUT2D eigenvalue weighted by Crippen LogP contribution is -2.29. The molecule has 4 aromatic rings. The van der Waals surface area contributed by atoms with E-state index in [1.165, 1.54) is 0 Å². The van der Waals surface area contributed by atoms with Gasteiger partial charge in [-0.3, -0.25) is 9.59 Å². The molecule has 182 valence electrons. The molecule has 0 N–H and O–H groups in total. The summed E-state index contributed by atoms with van der Waals surface area (Å²) in [4.78, 5) is 29.2. The number of aryl methyl sites for hydroxylation is 1. The van der Waals surface area contributed by atoms with Gasteiger partial charge in [-0.2, -0.15) is 0 Å². The van der Waals surface area contributed by atoms with Crippen LogP contribution in [0.15, 0.2) is 88.6 Å². The van der Waals surface area contributed by atoms with Crippen LogP contribution in [0.2, 0.25) is 0 Å². The largest absolute Gasteiger partial charge is 0.490 e. The summed E-state index contributed by atoms with van der Waals surface area (Å²) in [5, 5.41) is 0.462. The molecule has 0 spiro atoms. The van der Waals surface area contributed by atoms with Crippen molar-refractivity contribution in [1.29, 1.82) is 0 Å². The summed E-state index contributed by atoms with van der Waals surface area (Å²) >= 11 is 0. The minimum Gasteiger partial charge on any atom is -0.490 e. The molecule has 36 heavy (non-hydrogen) atoms. The number of hydrogen-bond donors (Lipinski definition) is 0. The van der Waals surface area contributed by atoms with E-state index in [0.717, 1.165) is 16.7 Å². The SMILES string of the molecule is C=CCOc1ccc(C2c3c(oc4ccc(C)cc4c3=O)C(=O)N2Cc2ccccc2)cc1OCC. The number of carbonyl (C=O) groups excluding carboxylic acids is 1. The van der Waals surface area contributed by atoms with Crippen molar-refractivity contribution in [2.75, 3.05) is 13.2 Å². The molecule has 2 heterocycles. The number of amides is 1. The molecule has 0 saturated carbocycles. The molecule has 0 bridgehead atoms. The van der Waals surface area contributed by atoms with Crippen LogP contribution in [-0.2, 0) is 6.54 Å². The predicted molar refractivity (Wildman–Crippen MR) is 139 cm³/mol. The van der Waals surface area contributed by atoms with Crippen molar-refractivity contribution < 1.29 is 18.7 Å². The highest BCUT2D eigenvalue weighted by molar-refractivity contribution is 5.99. The number of ether oxygens (including phenoxy) is 2. The van der Waals surface area contributed by atoms with E-state index in [4.69, 9.17) is 13.9 Å². The van der Waals surface area contributed by atoms with Crippen LogP contribution in [-0.4, -0.2) is 24.0 Å². The Bertz CT molecular complexity index is 1510. The maximum absolute atomic E-state index is 13.8. The van der Waals surface area contributed by atoms with Crippen molar-refractivity contribution in [2.24, 2.45) is 0 Å². The molecule has 1 aliphatic heterocycles. The summed E-state index contributed by atoms with van der Waals surface area (Å²) in [5.41, 5.74) is 3.18. The monoisotopic (exact) mass is 481 g/mol. The third-order valence-corrected chi connectivity index (χ3v) is 6.26. The molecule has 0 aliphatic carbocycles. The highest BCUT2D eigenvalue weighted by atomic mass is 16.5. The Morgan fingerprint density at radius 1 is 1.00 bits per heavy atom. The molecule has 1 atom stereocenters. The van der Waals surface area contributed by atoms with Crippen molar-refractivity contribution in [3.63, 3.8) is 0 Å². The average Bonchev–Trinajstić information content (AvgIpc) is 3.16. The Labute approximate surface area is 209 Å². The van der Waals surface area contributed by atoms with Gasteiger partial charge in [0.1, 0.15) is 12.2 Å². The number of nitrogens with zero attached hydrogens (tertiary/aromatic N) is 1. The molecule has 1 amide bonds. The van der Waals surface area contributed by atoms with Gasteiger partial charge in [-0.05, 0) is 49.2 Å². The zero-order chi connectivity index (χ0) is 25.2. The molecular weight excluding hydrogens is 454 g/mol. The zero-order valence-electron chi connectivity index (χ0n) is 20.3. The standard InChI is InChI=1S/C30H27NO5/c1-4-15-35-24-14-12-21(17-25(24)34-5-2)27-26-28(32)22-16-19(3)11-13-23(22)36-29(26)30(33)31(27)18-20-9-7-6-8-10-20/h4,6-14,16-17,27H,1,5,15,18H2,2-3H3. The van der Waals surface area contributed by atoms with Crippen molar-refractivity contribution in [3.8, 4) is 11.5 Å². The van der Waals surface area contributed by atoms with Crippen LogP contribution in [0.5, 0.6) is 11.5 Å². The van der Waals surface area contributed by atoms with E-state index in [2.05, 4.69) is 6.58 Å². The number of rotatable bonds is 8. The normalized spacial score (nSPS) is 14.7. The number of benzene rings is 3. The molecule has 1 aromatic heterocycles. The van der Waals surface area contributed by atoms with Crippen LogP contribution >= 0.6 is 0 Å². The van der Waals surface area contributed by atoms with Gasteiger partial charge < -0.3 is 18.8 Å². The number of hydrogen-bond acceptors (Lipinski definition) is 5. The first-order valence-corrected chi connectivity index (χ1v) is 11.9. The second-order valence-corrected chi connectivity index (χ2v) is 8.73. The number of fused-ring (bicyclic) bond motifs is 2. The van der Waals surface area contributed by atoms with E-state index in [9.17, 15) is 9.59 Å². The Kier molecular flexibility index (Phi) is 6.34. The summed E-state index contributed by atoms with van der Waals surface area (Å²) in [5.74, 6) is 0.879. The lowest BCUT2D eigenvalue weighted by Gasteiger charge is -2.26. The lowest BCUT2D eigenvalue weighted by atomic mass is 9.97. The molecule has 5 rings (SSSR count). The molecule has 3 aromatic carbocycles. The van der Waals surface area contributed by atoms with Crippen LogP contribution in [0.3, 0.4) is 0 Å². The minimum atomic E-state index is -0.637. The van der Waals surface area contributed by atoms with Crippen LogP contribution in [0.1, 0.15) is 45.8 Å². The average molecular weight is 482 g/mol. The summed E-state index contributed by atoms with van der Waals surface area (Å²) in [7, 11) is 0. The summed E-state index contributed by atoms with van der Waals surface area (Å²) in [6, 6.07) is 20.0. The highest BCUT2D eigenvalue weighted by Crippen LogP contribution is 2.41. The molecule has 0 saturated heterocycles. The van der Waals surface area contributed by atoms with Crippen molar-refractivity contribution in [3.05, 3.63) is 118 Å². The smallest absolute Gasteiger partial charge is 0.291 e. The fraction of sp³-hybridized carbons (Fsp3) is 0.200. The Morgan fingerprint density at radius 3 is 2.56 bits per heavy atom. The van der Waals surface area contributed by atoms with E-state index in [1.54, 1.807) is 29.2 Å². The highest BCUT2D eigenvalue weighted by Gasteiger charge is 2.43. The van der Waals surface area contributed by atoms with Crippen LogP contribution in [0.4, 0.5) is 0 Å². The molecule has 1 unspecified atom stereocenters. The summed E-state index contributed by atoms with van der Waals surface area (Å²) in [6.07, 6.45) is 1.66. The summed E-state index contributed by atoms with van der Waals surface area (Å²) < 4.78 is 17.7. The third-order valence-electron chi connectivity index (χ3n) is 6.26. The third kappa shape index (κ3) is 4.15. The van der Waals surface area contributed by atoms with Gasteiger partial charge in [0.25, 0.3) is 5.91 Å². The Morgan fingerprint density at radius 2 is 1.81 bits per heavy atom. The van der Waals surface area contributed by atoms with Gasteiger partial charge in [0.2, 0.25) is 5.76 Å². The van der Waals surface area contributed by atoms with Crippen LogP contribution < -0.4 is 14.9 Å². The van der Waals surface area contributed by atoms with Gasteiger partial charge in [-0.15, -0.1) is 0 Å². The maximum Gasteiger partial charge on any atom is 0.291 e. The van der Waals surface area contributed by atoms with Gasteiger partial charge in [0, 0.05) is 6.54 Å². The first kappa shape index (κ1) is 23.4. The topological polar surface area (TPSA) is 69.0 Å². The first-order chi connectivity index (χ1) is 17.5. The van der Waals surface area contributed by atoms with E-state index in [-0.39, 0.29) is 17.1 Å². The second-order valence-electron chi connectivity index (χ2n) is 8.73. The second kappa shape index (κ2) is 9.74. The zero-order valence-corrected chi connectivity index (χ0v) is 20.3. The minimum absolute atomic E-state index is 0.0854.